The molecule has 70 valence electrons. The molecule has 1 aliphatic carbocycles. The summed E-state index contributed by atoms with van der Waals surface area (Å²) >= 11 is 0. The first-order valence-electron chi connectivity index (χ1n) is 4.97. The van der Waals surface area contributed by atoms with Crippen LogP contribution in [0.5, 0.6) is 5.75 Å². The van der Waals surface area contributed by atoms with Crippen LogP contribution in [-0.2, 0) is 0 Å². The fraction of sp³-hybridized carbons (Fsp3) is 0.231. The summed E-state index contributed by atoms with van der Waals surface area (Å²) in [4.78, 5) is 0. The van der Waals surface area contributed by atoms with E-state index in [2.05, 4.69) is 49.4 Å². The molecule has 0 bridgehead atoms. The Balaban J connectivity index is 2.11. The lowest BCUT2D eigenvalue weighted by Gasteiger charge is -2.13. The Morgan fingerprint density at radius 3 is 2.93 bits per heavy atom. The molecule has 0 radical (unpaired) electrons. The third-order valence-corrected chi connectivity index (χ3v) is 2.88. The molecule has 0 saturated heterocycles. The van der Waals surface area contributed by atoms with Crippen molar-refractivity contribution >= 4 is 0 Å². The van der Waals surface area contributed by atoms with Gasteiger partial charge in [0.15, 0.2) is 0 Å². The van der Waals surface area contributed by atoms with Crippen molar-refractivity contribution in [2.75, 3.05) is 0 Å². The van der Waals surface area contributed by atoms with Gasteiger partial charge in [0.05, 0.1) is 0 Å². The molecule has 1 aromatic rings. The highest BCUT2D eigenvalue weighted by Crippen LogP contribution is 2.41. The zero-order valence-electron chi connectivity index (χ0n) is 8.10. The quantitative estimate of drug-likeness (QED) is 0.602. The molecule has 14 heavy (non-hydrogen) atoms. The summed E-state index contributed by atoms with van der Waals surface area (Å²) in [6.07, 6.45) is 8.71. The van der Waals surface area contributed by atoms with Crippen molar-refractivity contribution in [1.29, 1.82) is 0 Å². The van der Waals surface area contributed by atoms with Crippen LogP contribution in [0.15, 0.2) is 42.5 Å². The average molecular weight is 184 g/mol. The van der Waals surface area contributed by atoms with Crippen LogP contribution >= 0.6 is 0 Å². The van der Waals surface area contributed by atoms with Gasteiger partial charge >= 0.3 is 0 Å². The van der Waals surface area contributed by atoms with E-state index in [9.17, 15) is 0 Å². The predicted octanol–water partition coefficient (Wildman–Crippen LogP) is 2.97. The van der Waals surface area contributed by atoms with Crippen LogP contribution in [0.1, 0.15) is 17.0 Å². The highest BCUT2D eigenvalue weighted by molar-refractivity contribution is 5.48. The second-order valence-corrected chi connectivity index (χ2v) is 3.92. The molecule has 2 aliphatic rings. The topological polar surface area (TPSA) is 9.23 Å². The molecule has 0 N–H and O–H groups in total. The highest BCUT2D eigenvalue weighted by atomic mass is 16.5. The molecule has 2 atom stereocenters. The van der Waals surface area contributed by atoms with Gasteiger partial charge in [-0.2, -0.15) is 0 Å². The third-order valence-electron chi connectivity index (χ3n) is 2.88. The molecule has 1 aromatic carbocycles. The van der Waals surface area contributed by atoms with Crippen LogP contribution in [0.2, 0.25) is 0 Å². The molecule has 3 rings (SSSR count). The minimum atomic E-state index is 0.219. The molecule has 0 spiro atoms. The number of hydrogen-bond acceptors (Lipinski definition) is 1. The van der Waals surface area contributed by atoms with E-state index in [0.717, 1.165) is 5.75 Å². The maximum atomic E-state index is 5.85. The SMILES string of the molecule is Cc1ccc2c(c1)OC1C=CC=CC21. The Labute approximate surface area is 83.7 Å². The lowest BCUT2D eigenvalue weighted by molar-refractivity contribution is 0.269. The Kier molecular flexibility index (Phi) is 1.54. The Hall–Kier alpha value is -1.50. The van der Waals surface area contributed by atoms with Gasteiger partial charge in [-0.05, 0) is 24.6 Å². The Morgan fingerprint density at radius 2 is 2.00 bits per heavy atom. The smallest absolute Gasteiger partial charge is 0.128 e. The maximum absolute atomic E-state index is 5.85. The summed E-state index contributed by atoms with van der Waals surface area (Å²) in [7, 11) is 0. The number of fused-ring (bicyclic) bond motifs is 3. The second-order valence-electron chi connectivity index (χ2n) is 3.92. The summed E-state index contributed by atoms with van der Waals surface area (Å²) in [5.74, 6) is 1.48. The molecular formula is C13H12O. The summed E-state index contributed by atoms with van der Waals surface area (Å²) in [5, 5.41) is 0. The molecule has 0 saturated carbocycles. The van der Waals surface area contributed by atoms with Gasteiger partial charge in [0.1, 0.15) is 11.9 Å². The molecule has 1 heteroatoms. The zero-order valence-corrected chi connectivity index (χ0v) is 8.10. The lowest BCUT2D eigenvalue weighted by atomic mass is 9.92. The van der Waals surface area contributed by atoms with Gasteiger partial charge in [0.25, 0.3) is 0 Å². The van der Waals surface area contributed by atoms with E-state index in [4.69, 9.17) is 4.74 Å². The van der Waals surface area contributed by atoms with Gasteiger partial charge in [-0.15, -0.1) is 0 Å². The van der Waals surface area contributed by atoms with Crippen molar-refractivity contribution in [2.45, 2.75) is 18.9 Å². The van der Waals surface area contributed by atoms with Gasteiger partial charge in [-0.25, -0.2) is 0 Å². The van der Waals surface area contributed by atoms with E-state index in [1.54, 1.807) is 0 Å². The van der Waals surface area contributed by atoms with Crippen molar-refractivity contribution in [1.82, 2.24) is 0 Å². The Bertz CT molecular complexity index is 429. The number of allylic oxidation sites excluding steroid dienone is 2. The molecule has 0 amide bonds. The van der Waals surface area contributed by atoms with Gasteiger partial charge < -0.3 is 4.74 Å². The molecule has 1 nitrogen and oxygen atoms in total. The predicted molar refractivity (Wildman–Crippen MR) is 56.6 cm³/mol. The van der Waals surface area contributed by atoms with Crippen LogP contribution in [0, 0.1) is 6.92 Å². The van der Waals surface area contributed by atoms with Crippen LogP contribution in [0.3, 0.4) is 0 Å². The van der Waals surface area contributed by atoms with Gasteiger partial charge in [-0.1, -0.05) is 30.4 Å². The van der Waals surface area contributed by atoms with E-state index >= 15 is 0 Å². The standard InChI is InChI=1S/C13H12O/c1-9-6-7-11-10-4-2-3-5-12(10)14-13(11)8-9/h2-8,10,12H,1H3. The van der Waals surface area contributed by atoms with E-state index in [-0.39, 0.29) is 6.10 Å². The maximum Gasteiger partial charge on any atom is 0.128 e. The first kappa shape index (κ1) is 7.86. The van der Waals surface area contributed by atoms with Crippen LogP contribution in [-0.4, -0.2) is 6.10 Å². The van der Waals surface area contributed by atoms with E-state index in [1.165, 1.54) is 11.1 Å². The minimum Gasteiger partial charge on any atom is -0.485 e. The molecular weight excluding hydrogens is 172 g/mol. The molecule has 1 aliphatic heterocycles. The van der Waals surface area contributed by atoms with Crippen LogP contribution in [0.4, 0.5) is 0 Å². The van der Waals surface area contributed by atoms with Crippen LogP contribution in [0.25, 0.3) is 0 Å². The van der Waals surface area contributed by atoms with Crippen molar-refractivity contribution < 1.29 is 4.74 Å². The van der Waals surface area contributed by atoms with Crippen molar-refractivity contribution in [3.8, 4) is 5.75 Å². The molecule has 0 aromatic heterocycles. The third kappa shape index (κ3) is 1.02. The molecule has 0 fully saturated rings. The van der Waals surface area contributed by atoms with Crippen molar-refractivity contribution in [3.05, 3.63) is 53.6 Å². The molecule has 1 heterocycles. The number of ether oxygens (including phenoxy) is 1. The fourth-order valence-corrected chi connectivity index (χ4v) is 2.15. The highest BCUT2D eigenvalue weighted by Gasteiger charge is 2.31. The van der Waals surface area contributed by atoms with Gasteiger partial charge in [0.2, 0.25) is 0 Å². The fourth-order valence-electron chi connectivity index (χ4n) is 2.15. The summed E-state index contributed by atoms with van der Waals surface area (Å²) in [5.41, 5.74) is 2.58. The lowest BCUT2D eigenvalue weighted by Crippen LogP contribution is -2.15. The van der Waals surface area contributed by atoms with Crippen LogP contribution < -0.4 is 4.74 Å². The van der Waals surface area contributed by atoms with Gasteiger partial charge in [0, 0.05) is 11.5 Å². The van der Waals surface area contributed by atoms with Crippen molar-refractivity contribution in [2.24, 2.45) is 0 Å². The summed E-state index contributed by atoms with van der Waals surface area (Å²) in [6.45, 7) is 2.09. The number of hydrogen-bond donors (Lipinski definition) is 0. The number of benzene rings is 1. The largest absolute Gasteiger partial charge is 0.485 e. The Morgan fingerprint density at radius 1 is 1.14 bits per heavy atom. The van der Waals surface area contributed by atoms with Crippen molar-refractivity contribution in [3.63, 3.8) is 0 Å². The first-order chi connectivity index (χ1) is 6.84. The monoisotopic (exact) mass is 184 g/mol. The second kappa shape index (κ2) is 2.74. The first-order valence-corrected chi connectivity index (χ1v) is 4.97. The van der Waals surface area contributed by atoms with E-state index < -0.39 is 0 Å². The number of rotatable bonds is 0. The minimum absolute atomic E-state index is 0.219. The van der Waals surface area contributed by atoms with E-state index in [0.29, 0.717) is 5.92 Å². The average Bonchev–Trinajstić information content (AvgIpc) is 2.54. The van der Waals surface area contributed by atoms with E-state index in [1.807, 2.05) is 0 Å². The number of aryl methyl sites for hydroxylation is 1. The summed E-state index contributed by atoms with van der Waals surface area (Å²) in [6, 6.07) is 6.45. The zero-order chi connectivity index (χ0) is 9.54. The van der Waals surface area contributed by atoms with Gasteiger partial charge in [-0.3, -0.25) is 0 Å². The summed E-state index contributed by atoms with van der Waals surface area (Å²) < 4.78 is 5.85. The molecule has 2 unspecified atom stereocenters. The normalized spacial score (nSPS) is 26.9.